The van der Waals surface area contributed by atoms with Gasteiger partial charge in [0.2, 0.25) is 0 Å². The molecule has 0 amide bonds. The van der Waals surface area contributed by atoms with Gasteiger partial charge in [-0.05, 0) is 29.2 Å². The molecule has 0 fully saturated rings. The first-order valence-electron chi connectivity index (χ1n) is 8.39. The van der Waals surface area contributed by atoms with Gasteiger partial charge in [0, 0.05) is 10.5 Å². The third-order valence-corrected chi connectivity index (χ3v) is 9.30. The SMILES string of the molecule is CCC(C)c1ccc(COS(CC)(C(C)C)C(C)C)cc1. The van der Waals surface area contributed by atoms with E-state index in [1.165, 1.54) is 17.5 Å². The summed E-state index contributed by atoms with van der Waals surface area (Å²) in [6, 6.07) is 9.01. The fourth-order valence-corrected chi connectivity index (χ4v) is 6.41. The number of rotatable bonds is 8. The molecule has 1 unspecified atom stereocenters. The lowest BCUT2D eigenvalue weighted by Crippen LogP contribution is -2.25. The zero-order valence-electron chi connectivity index (χ0n) is 15.0. The highest BCUT2D eigenvalue weighted by atomic mass is 32.3. The number of hydrogen-bond donors (Lipinski definition) is 0. The summed E-state index contributed by atoms with van der Waals surface area (Å²) in [6.07, 6.45) is 1.19. The van der Waals surface area contributed by atoms with Crippen LogP contribution in [0.2, 0.25) is 0 Å². The summed E-state index contributed by atoms with van der Waals surface area (Å²) < 4.78 is 6.50. The van der Waals surface area contributed by atoms with Crippen LogP contribution >= 0.6 is 10.3 Å². The van der Waals surface area contributed by atoms with E-state index in [-0.39, 0.29) is 0 Å². The molecule has 1 aromatic rings. The molecule has 1 rings (SSSR count). The lowest BCUT2D eigenvalue weighted by atomic mass is 9.98. The van der Waals surface area contributed by atoms with Gasteiger partial charge < -0.3 is 4.18 Å². The molecule has 0 aliphatic rings. The molecule has 0 aliphatic heterocycles. The van der Waals surface area contributed by atoms with Gasteiger partial charge in [-0.25, -0.2) is 0 Å². The first-order valence-corrected chi connectivity index (χ1v) is 10.2. The second-order valence-corrected chi connectivity index (χ2v) is 10.7. The summed E-state index contributed by atoms with van der Waals surface area (Å²) in [5.74, 6) is 1.79. The fraction of sp³-hybridized carbons (Fsp3) is 0.684. The lowest BCUT2D eigenvalue weighted by Gasteiger charge is -2.46. The molecule has 0 spiro atoms. The smallest absolute Gasteiger partial charge is 0.0843 e. The van der Waals surface area contributed by atoms with Crippen molar-refractivity contribution in [3.05, 3.63) is 35.4 Å². The van der Waals surface area contributed by atoms with E-state index in [1.54, 1.807) is 0 Å². The van der Waals surface area contributed by atoms with Crippen LogP contribution in [0.15, 0.2) is 24.3 Å². The maximum absolute atomic E-state index is 6.50. The van der Waals surface area contributed by atoms with E-state index in [0.29, 0.717) is 16.4 Å². The van der Waals surface area contributed by atoms with E-state index in [0.717, 1.165) is 12.4 Å². The Kier molecular flexibility index (Phi) is 7.29. The quantitative estimate of drug-likeness (QED) is 0.549. The molecule has 1 aromatic carbocycles. The molecule has 0 saturated heterocycles. The van der Waals surface area contributed by atoms with Crippen LogP contribution in [0.3, 0.4) is 0 Å². The topological polar surface area (TPSA) is 9.23 Å². The van der Waals surface area contributed by atoms with Crippen LogP contribution in [-0.4, -0.2) is 16.3 Å². The van der Waals surface area contributed by atoms with Gasteiger partial charge in [-0.2, -0.15) is 0 Å². The average molecular weight is 311 g/mol. The molecule has 1 atom stereocenters. The molecule has 0 aromatic heterocycles. The summed E-state index contributed by atoms with van der Waals surface area (Å²) >= 11 is 0. The summed E-state index contributed by atoms with van der Waals surface area (Å²) in [6.45, 7) is 16.8. The van der Waals surface area contributed by atoms with Gasteiger partial charge in [0.25, 0.3) is 0 Å². The van der Waals surface area contributed by atoms with Crippen molar-refractivity contribution in [2.75, 3.05) is 5.75 Å². The maximum Gasteiger partial charge on any atom is 0.0843 e. The van der Waals surface area contributed by atoms with Gasteiger partial charge in [-0.3, -0.25) is 0 Å². The summed E-state index contributed by atoms with van der Waals surface area (Å²) in [5, 5.41) is 1.23. The van der Waals surface area contributed by atoms with Crippen molar-refractivity contribution in [2.45, 2.75) is 77.9 Å². The summed E-state index contributed by atoms with van der Waals surface area (Å²) in [4.78, 5) is 0. The predicted molar refractivity (Wildman–Crippen MR) is 98.3 cm³/mol. The van der Waals surface area contributed by atoms with Crippen molar-refractivity contribution in [3.63, 3.8) is 0 Å². The molecule has 0 radical (unpaired) electrons. The molecule has 0 N–H and O–H groups in total. The van der Waals surface area contributed by atoms with Crippen LogP contribution in [0.5, 0.6) is 0 Å². The molecule has 122 valence electrons. The van der Waals surface area contributed by atoms with E-state index in [1.807, 2.05) is 0 Å². The van der Waals surface area contributed by atoms with Gasteiger partial charge in [0.1, 0.15) is 0 Å². The molecular weight excluding hydrogens is 276 g/mol. The highest BCUT2D eigenvalue weighted by molar-refractivity contribution is 8.30. The Hall–Kier alpha value is -0.470. The van der Waals surface area contributed by atoms with Crippen LogP contribution in [0, 0.1) is 0 Å². The Bertz CT molecular complexity index is 400. The Morgan fingerprint density at radius 2 is 1.43 bits per heavy atom. The van der Waals surface area contributed by atoms with Crippen molar-refractivity contribution in [1.82, 2.24) is 0 Å². The molecule has 0 heterocycles. The largest absolute Gasteiger partial charge is 0.331 e. The maximum atomic E-state index is 6.50. The highest BCUT2D eigenvalue weighted by Gasteiger charge is 2.30. The third-order valence-electron chi connectivity index (χ3n) is 4.65. The summed E-state index contributed by atoms with van der Waals surface area (Å²) in [7, 11) is -0.997. The van der Waals surface area contributed by atoms with E-state index in [4.69, 9.17) is 4.18 Å². The van der Waals surface area contributed by atoms with Crippen LogP contribution in [-0.2, 0) is 10.8 Å². The molecule has 0 aliphatic carbocycles. The van der Waals surface area contributed by atoms with Crippen molar-refractivity contribution in [3.8, 4) is 0 Å². The fourth-order valence-electron chi connectivity index (χ4n) is 2.92. The molecular formula is C19H34OS. The summed E-state index contributed by atoms with van der Waals surface area (Å²) in [5.41, 5.74) is 2.73. The average Bonchev–Trinajstić information content (AvgIpc) is 2.47. The van der Waals surface area contributed by atoms with Crippen molar-refractivity contribution >= 4 is 10.3 Å². The monoisotopic (exact) mass is 310 g/mol. The van der Waals surface area contributed by atoms with E-state index >= 15 is 0 Å². The van der Waals surface area contributed by atoms with Gasteiger partial charge in [0.05, 0.1) is 6.61 Å². The van der Waals surface area contributed by atoms with E-state index in [2.05, 4.69) is 72.7 Å². The van der Waals surface area contributed by atoms with Crippen LogP contribution in [0.1, 0.15) is 71.9 Å². The standard InChI is InChI=1S/C19H34OS/c1-8-17(7)19-12-10-18(11-13-19)14-20-21(9-2,15(3)4)16(5)6/h10-13,15-17H,8-9,14H2,1-7H3. The first kappa shape index (κ1) is 18.6. The van der Waals surface area contributed by atoms with E-state index in [9.17, 15) is 0 Å². The van der Waals surface area contributed by atoms with Crippen LogP contribution < -0.4 is 0 Å². The highest BCUT2D eigenvalue weighted by Crippen LogP contribution is 2.57. The Morgan fingerprint density at radius 1 is 0.905 bits per heavy atom. The second kappa shape index (κ2) is 8.24. The lowest BCUT2D eigenvalue weighted by molar-refractivity contribution is 0.337. The molecule has 2 heteroatoms. The normalized spacial score (nSPS) is 14.7. The van der Waals surface area contributed by atoms with Crippen molar-refractivity contribution < 1.29 is 4.18 Å². The Morgan fingerprint density at radius 3 is 1.81 bits per heavy atom. The van der Waals surface area contributed by atoms with Crippen LogP contribution in [0.25, 0.3) is 0 Å². The molecule has 1 nitrogen and oxygen atoms in total. The van der Waals surface area contributed by atoms with Gasteiger partial charge in [-0.1, -0.05) is 72.7 Å². The number of benzene rings is 1. The first-order chi connectivity index (χ1) is 9.87. The van der Waals surface area contributed by atoms with Crippen LogP contribution in [0.4, 0.5) is 0 Å². The second-order valence-electron chi connectivity index (χ2n) is 6.48. The van der Waals surface area contributed by atoms with Crippen molar-refractivity contribution in [1.29, 1.82) is 0 Å². The zero-order valence-corrected chi connectivity index (χ0v) is 15.8. The molecule has 0 bridgehead atoms. The Balaban J connectivity index is 2.77. The minimum absolute atomic E-state index is 0.613. The van der Waals surface area contributed by atoms with E-state index < -0.39 is 10.3 Å². The number of hydrogen-bond acceptors (Lipinski definition) is 1. The van der Waals surface area contributed by atoms with Crippen molar-refractivity contribution in [2.24, 2.45) is 0 Å². The minimum Gasteiger partial charge on any atom is -0.331 e. The predicted octanol–water partition coefficient (Wildman–Crippen LogP) is 6.27. The Labute approximate surface area is 134 Å². The minimum atomic E-state index is -0.997. The zero-order chi connectivity index (χ0) is 16.0. The molecule has 21 heavy (non-hydrogen) atoms. The van der Waals surface area contributed by atoms with Gasteiger partial charge in [-0.15, -0.1) is 10.3 Å². The third kappa shape index (κ3) is 4.50. The van der Waals surface area contributed by atoms with Gasteiger partial charge in [0.15, 0.2) is 0 Å². The van der Waals surface area contributed by atoms with Gasteiger partial charge >= 0.3 is 0 Å². The molecule has 0 saturated carbocycles.